The highest BCUT2D eigenvalue weighted by Crippen LogP contribution is 2.31. The highest BCUT2D eigenvalue weighted by molar-refractivity contribution is 7.30. The van der Waals surface area contributed by atoms with Crippen molar-refractivity contribution >= 4 is 8.81 Å². The lowest BCUT2D eigenvalue weighted by atomic mass is 9.93. The zero-order chi connectivity index (χ0) is 19.0. The van der Waals surface area contributed by atoms with E-state index in [9.17, 15) is 5.11 Å². The van der Waals surface area contributed by atoms with Gasteiger partial charge in [-0.3, -0.25) is 0 Å². The van der Waals surface area contributed by atoms with Gasteiger partial charge in [-0.1, -0.05) is 37.6 Å². The Hall–Kier alpha value is -1.57. The summed E-state index contributed by atoms with van der Waals surface area (Å²) in [6.07, 6.45) is 6.98. The number of ether oxygens (including phenoxy) is 1. The molecule has 0 spiro atoms. The predicted molar refractivity (Wildman–Crippen MR) is 108 cm³/mol. The Morgan fingerprint density at radius 3 is 2.52 bits per heavy atom. The van der Waals surface area contributed by atoms with E-state index in [-0.39, 0.29) is 14.7 Å². The first-order valence-corrected chi connectivity index (χ1v) is 9.78. The van der Waals surface area contributed by atoms with Crippen LogP contribution in [0.1, 0.15) is 57.2 Å². The monoisotopic (exact) mass is 362 g/mol. The minimum absolute atomic E-state index is 0.220. The van der Waals surface area contributed by atoms with Crippen molar-refractivity contribution in [1.29, 1.82) is 0 Å². The van der Waals surface area contributed by atoms with E-state index in [0.717, 1.165) is 28.9 Å². The van der Waals surface area contributed by atoms with Crippen LogP contribution in [-0.2, 0) is 11.2 Å². The van der Waals surface area contributed by atoms with Crippen molar-refractivity contribution in [3.63, 3.8) is 0 Å². The normalized spacial score (nSPS) is 14.0. The molecule has 0 bridgehead atoms. The van der Waals surface area contributed by atoms with Crippen LogP contribution in [0.4, 0.5) is 0 Å². The van der Waals surface area contributed by atoms with Gasteiger partial charge in [0.1, 0.15) is 17.9 Å². The van der Waals surface area contributed by atoms with Crippen LogP contribution < -0.4 is 0 Å². The summed E-state index contributed by atoms with van der Waals surface area (Å²) in [5.74, 6) is 1.45. The molecular formula is C21H31O3P. The maximum Gasteiger partial charge on any atom is 0.129 e. The topological polar surface area (TPSA) is 49.7 Å². The second-order valence-electron chi connectivity index (χ2n) is 6.64. The molecule has 2 N–H and O–H groups in total. The number of aryl methyl sites for hydroxylation is 1. The van der Waals surface area contributed by atoms with Gasteiger partial charge in [0.25, 0.3) is 0 Å². The summed E-state index contributed by atoms with van der Waals surface area (Å²) in [5, 5.41) is 10.2. The zero-order valence-electron chi connectivity index (χ0n) is 16.2. The van der Waals surface area contributed by atoms with Crippen molar-refractivity contribution in [3.8, 4) is 5.75 Å². The van der Waals surface area contributed by atoms with E-state index in [0.29, 0.717) is 12.1 Å². The molecule has 0 aliphatic carbocycles. The van der Waals surface area contributed by atoms with Crippen molar-refractivity contribution in [2.24, 2.45) is 0 Å². The lowest BCUT2D eigenvalue weighted by Gasteiger charge is -2.14. The summed E-state index contributed by atoms with van der Waals surface area (Å²) in [7, 11) is -0.220. The fraction of sp³-hybridized carbons (Fsp3) is 0.429. The maximum absolute atomic E-state index is 10.2. The molecule has 1 atom stereocenters. The number of aromatic hydroxyl groups is 1. The van der Waals surface area contributed by atoms with E-state index in [1.54, 1.807) is 0 Å². The quantitative estimate of drug-likeness (QED) is 0.353. The third-order valence-electron chi connectivity index (χ3n) is 4.15. The van der Waals surface area contributed by atoms with E-state index < -0.39 is 0 Å². The molecule has 0 aliphatic rings. The van der Waals surface area contributed by atoms with Crippen LogP contribution in [0.2, 0.25) is 0 Å². The summed E-state index contributed by atoms with van der Waals surface area (Å²) >= 11 is 0. The Balaban J connectivity index is 3.10. The molecule has 4 heteroatoms. The molecule has 0 aliphatic heterocycles. The number of phenolic OH excluding ortho intramolecular Hbond substituents is 1. The Bertz CT molecular complexity index is 670. The maximum atomic E-state index is 10.2. The van der Waals surface area contributed by atoms with Crippen molar-refractivity contribution in [2.75, 3.05) is 6.35 Å². The second kappa shape index (κ2) is 10.4. The summed E-state index contributed by atoms with van der Waals surface area (Å²) in [5.41, 5.74) is 5.51. The third-order valence-corrected chi connectivity index (χ3v) is 4.42. The molecule has 0 amide bonds. The predicted octanol–water partition coefficient (Wildman–Crippen LogP) is 5.72. The molecule has 1 unspecified atom stereocenters. The molecule has 0 heterocycles. The third kappa shape index (κ3) is 6.68. The number of rotatable bonds is 8. The highest BCUT2D eigenvalue weighted by atomic mass is 31.1. The van der Waals surface area contributed by atoms with Gasteiger partial charge in [0.15, 0.2) is 0 Å². The second-order valence-corrected chi connectivity index (χ2v) is 7.24. The molecule has 0 aromatic heterocycles. The molecule has 1 aromatic carbocycles. The van der Waals surface area contributed by atoms with Crippen molar-refractivity contribution in [1.82, 2.24) is 0 Å². The average molecular weight is 362 g/mol. The summed E-state index contributed by atoms with van der Waals surface area (Å²) in [6.45, 7) is 12.3. The van der Waals surface area contributed by atoms with E-state index in [2.05, 4.69) is 39.8 Å². The van der Waals surface area contributed by atoms with E-state index >= 15 is 0 Å². The van der Waals surface area contributed by atoms with Crippen LogP contribution in [0.25, 0.3) is 0 Å². The molecule has 3 nitrogen and oxygen atoms in total. The van der Waals surface area contributed by atoms with Crippen LogP contribution in [0.15, 0.2) is 47.3 Å². The Kier molecular flexibility index (Phi) is 8.96. The van der Waals surface area contributed by atoms with Gasteiger partial charge in [0.05, 0.1) is 0 Å². The van der Waals surface area contributed by atoms with Crippen molar-refractivity contribution in [2.45, 2.75) is 53.9 Å². The first-order chi connectivity index (χ1) is 11.8. The van der Waals surface area contributed by atoms with Crippen LogP contribution in [-0.4, -0.2) is 16.3 Å². The van der Waals surface area contributed by atoms with E-state index in [1.165, 1.54) is 11.1 Å². The van der Waals surface area contributed by atoms with E-state index in [4.69, 9.17) is 9.63 Å². The van der Waals surface area contributed by atoms with Crippen LogP contribution in [0.3, 0.4) is 0 Å². The highest BCUT2D eigenvalue weighted by Gasteiger charge is 2.11. The lowest BCUT2D eigenvalue weighted by molar-refractivity contribution is 0.278. The molecule has 1 aromatic rings. The molecule has 138 valence electrons. The number of hydrogen-bond acceptors (Lipinski definition) is 3. The van der Waals surface area contributed by atoms with E-state index in [1.807, 2.05) is 32.1 Å². The van der Waals surface area contributed by atoms with Gasteiger partial charge in [0, 0.05) is 8.81 Å². The minimum Gasteiger partial charge on any atom is -0.507 e. The van der Waals surface area contributed by atoms with Gasteiger partial charge >= 0.3 is 0 Å². The lowest BCUT2D eigenvalue weighted by Crippen LogP contribution is -1.97. The number of phenols is 1. The van der Waals surface area contributed by atoms with Gasteiger partial charge in [-0.15, -0.1) is 0 Å². The first-order valence-electron chi connectivity index (χ1n) is 8.63. The molecular weight excluding hydrogens is 331 g/mol. The Morgan fingerprint density at radius 2 is 1.96 bits per heavy atom. The number of hydrogen-bond donors (Lipinski definition) is 2. The molecule has 0 saturated carbocycles. The Morgan fingerprint density at radius 1 is 1.28 bits per heavy atom. The zero-order valence-corrected chi connectivity index (χ0v) is 17.2. The van der Waals surface area contributed by atoms with Crippen LogP contribution >= 0.6 is 8.81 Å². The average Bonchev–Trinajstić information content (AvgIpc) is 2.55. The van der Waals surface area contributed by atoms with Crippen molar-refractivity contribution in [3.05, 3.63) is 64.0 Å². The Labute approximate surface area is 154 Å². The molecule has 0 fully saturated rings. The standard InChI is InChI=1S/C21H31O3P/c1-7-8-19(24-13-25-23)11-16(5)15(4)9-18-10-17(6)21(22)20(12-18)14(2)3/h7-8,10-12,14,22-23,25H,9,13H2,1-6H3/b8-7+,16-15+,19-11+. The SMILES string of the molecule is C/C=C/C(=C\C(C)=C(/C)Cc1cc(C)c(O)c(C(C)C)c1)OCPO. The van der Waals surface area contributed by atoms with Crippen LogP contribution in [0.5, 0.6) is 5.75 Å². The fourth-order valence-electron chi connectivity index (χ4n) is 2.63. The largest absolute Gasteiger partial charge is 0.507 e. The summed E-state index contributed by atoms with van der Waals surface area (Å²) < 4.78 is 5.56. The minimum atomic E-state index is -0.220. The van der Waals surface area contributed by atoms with Crippen LogP contribution in [0, 0.1) is 6.92 Å². The number of benzene rings is 1. The van der Waals surface area contributed by atoms with Gasteiger partial charge in [-0.2, -0.15) is 0 Å². The molecule has 0 radical (unpaired) electrons. The van der Waals surface area contributed by atoms with Gasteiger partial charge < -0.3 is 14.7 Å². The molecule has 25 heavy (non-hydrogen) atoms. The fourth-order valence-corrected chi connectivity index (χ4v) is 2.86. The van der Waals surface area contributed by atoms with Gasteiger partial charge in [-0.25, -0.2) is 0 Å². The summed E-state index contributed by atoms with van der Waals surface area (Å²) in [4.78, 5) is 8.96. The first kappa shape index (κ1) is 21.5. The van der Waals surface area contributed by atoms with Gasteiger partial charge in [0.2, 0.25) is 0 Å². The molecule has 1 rings (SSSR count). The smallest absolute Gasteiger partial charge is 0.129 e. The molecule has 0 saturated heterocycles. The summed E-state index contributed by atoms with van der Waals surface area (Å²) in [6, 6.07) is 4.15. The number of allylic oxidation sites excluding steroid dienone is 5. The van der Waals surface area contributed by atoms with Crippen molar-refractivity contribution < 1.29 is 14.7 Å². The van der Waals surface area contributed by atoms with Gasteiger partial charge in [-0.05, 0) is 74.4 Å².